The van der Waals surface area contributed by atoms with E-state index in [-0.39, 0.29) is 11.6 Å². The van der Waals surface area contributed by atoms with Crippen molar-refractivity contribution in [3.8, 4) is 5.75 Å². The summed E-state index contributed by atoms with van der Waals surface area (Å²) in [7, 11) is 1.45. The molecule has 13 heavy (non-hydrogen) atoms. The molecule has 72 valence electrons. The molecule has 2 nitrogen and oxygen atoms in total. The maximum Gasteiger partial charge on any atom is 0.179 e. The topological polar surface area (TPSA) is 35.2 Å². The standard InChI is InChI=1S/C9H11BrFNO/c1-13-9-6(4-5-12)2-3-7(10)8(9)11/h2-3H,4-5,12H2,1H3. The van der Waals surface area contributed by atoms with Crippen molar-refractivity contribution in [2.75, 3.05) is 13.7 Å². The van der Waals surface area contributed by atoms with Gasteiger partial charge in [-0.05, 0) is 40.5 Å². The van der Waals surface area contributed by atoms with E-state index in [9.17, 15) is 4.39 Å². The summed E-state index contributed by atoms with van der Waals surface area (Å²) in [6, 6.07) is 3.46. The number of benzene rings is 1. The SMILES string of the molecule is COc1c(CCN)ccc(Br)c1F. The largest absolute Gasteiger partial charge is 0.493 e. The zero-order chi connectivity index (χ0) is 9.84. The van der Waals surface area contributed by atoms with Crippen molar-refractivity contribution in [2.45, 2.75) is 6.42 Å². The van der Waals surface area contributed by atoms with Gasteiger partial charge in [-0.25, -0.2) is 4.39 Å². The molecule has 0 radical (unpaired) electrons. The third-order valence-corrected chi connectivity index (χ3v) is 2.36. The summed E-state index contributed by atoms with van der Waals surface area (Å²) in [4.78, 5) is 0. The molecular formula is C9H11BrFNO. The second-order valence-corrected chi connectivity index (χ2v) is 3.45. The molecule has 2 N–H and O–H groups in total. The summed E-state index contributed by atoms with van der Waals surface area (Å²) in [5.74, 6) is -0.0896. The van der Waals surface area contributed by atoms with Crippen molar-refractivity contribution in [3.05, 3.63) is 28.0 Å². The fraction of sp³-hybridized carbons (Fsp3) is 0.333. The molecule has 1 rings (SSSR count). The van der Waals surface area contributed by atoms with Crippen LogP contribution >= 0.6 is 15.9 Å². The van der Waals surface area contributed by atoms with Crippen LogP contribution in [0.2, 0.25) is 0 Å². The average Bonchev–Trinajstić information content (AvgIpc) is 2.12. The van der Waals surface area contributed by atoms with Gasteiger partial charge in [0.25, 0.3) is 0 Å². The molecule has 0 aromatic heterocycles. The van der Waals surface area contributed by atoms with E-state index in [2.05, 4.69) is 15.9 Å². The number of ether oxygens (including phenoxy) is 1. The highest BCUT2D eigenvalue weighted by Crippen LogP contribution is 2.28. The summed E-state index contributed by atoms with van der Waals surface area (Å²) < 4.78 is 18.7. The average molecular weight is 248 g/mol. The lowest BCUT2D eigenvalue weighted by Gasteiger charge is -2.09. The lowest BCUT2D eigenvalue weighted by molar-refractivity contribution is 0.380. The third kappa shape index (κ3) is 2.19. The van der Waals surface area contributed by atoms with Crippen LogP contribution in [0.5, 0.6) is 5.75 Å². The zero-order valence-corrected chi connectivity index (χ0v) is 8.90. The number of rotatable bonds is 3. The molecule has 0 spiro atoms. The minimum absolute atomic E-state index is 0.278. The van der Waals surface area contributed by atoms with Crippen molar-refractivity contribution >= 4 is 15.9 Å². The summed E-state index contributed by atoms with van der Waals surface area (Å²) in [5.41, 5.74) is 6.18. The smallest absolute Gasteiger partial charge is 0.179 e. The van der Waals surface area contributed by atoms with Gasteiger partial charge >= 0.3 is 0 Å². The molecule has 0 unspecified atom stereocenters. The predicted molar refractivity (Wildman–Crippen MR) is 53.4 cm³/mol. The lowest BCUT2D eigenvalue weighted by atomic mass is 10.1. The molecule has 0 saturated heterocycles. The number of halogens is 2. The maximum atomic E-state index is 13.4. The van der Waals surface area contributed by atoms with E-state index in [1.165, 1.54) is 7.11 Å². The van der Waals surface area contributed by atoms with Gasteiger partial charge in [0.1, 0.15) is 0 Å². The van der Waals surface area contributed by atoms with Crippen LogP contribution in [0.4, 0.5) is 4.39 Å². The van der Waals surface area contributed by atoms with Crippen molar-refractivity contribution < 1.29 is 9.13 Å². The van der Waals surface area contributed by atoms with Gasteiger partial charge in [-0.3, -0.25) is 0 Å². The molecule has 0 aliphatic heterocycles. The van der Waals surface area contributed by atoms with Crippen LogP contribution in [0.15, 0.2) is 16.6 Å². The van der Waals surface area contributed by atoms with Crippen LogP contribution in [-0.4, -0.2) is 13.7 Å². The molecule has 0 aliphatic carbocycles. The summed E-state index contributed by atoms with van der Waals surface area (Å²) in [6.07, 6.45) is 0.618. The number of methoxy groups -OCH3 is 1. The van der Waals surface area contributed by atoms with Crippen LogP contribution in [0.1, 0.15) is 5.56 Å². The highest BCUT2D eigenvalue weighted by molar-refractivity contribution is 9.10. The van der Waals surface area contributed by atoms with Crippen LogP contribution < -0.4 is 10.5 Å². The lowest BCUT2D eigenvalue weighted by Crippen LogP contribution is -2.05. The minimum Gasteiger partial charge on any atom is -0.493 e. The van der Waals surface area contributed by atoms with E-state index in [1.54, 1.807) is 12.1 Å². The summed E-state index contributed by atoms with van der Waals surface area (Å²) in [5, 5.41) is 0. The first kappa shape index (κ1) is 10.5. The van der Waals surface area contributed by atoms with Gasteiger partial charge in [-0.1, -0.05) is 6.07 Å². The van der Waals surface area contributed by atoms with Crippen molar-refractivity contribution in [2.24, 2.45) is 5.73 Å². The van der Waals surface area contributed by atoms with Gasteiger partial charge in [0, 0.05) is 0 Å². The number of hydrogen-bond donors (Lipinski definition) is 1. The summed E-state index contributed by atoms with van der Waals surface area (Å²) >= 11 is 3.09. The van der Waals surface area contributed by atoms with Gasteiger partial charge in [0.15, 0.2) is 11.6 Å². The monoisotopic (exact) mass is 247 g/mol. The van der Waals surface area contributed by atoms with Gasteiger partial charge < -0.3 is 10.5 Å². The van der Waals surface area contributed by atoms with E-state index in [0.29, 0.717) is 17.4 Å². The van der Waals surface area contributed by atoms with Crippen molar-refractivity contribution in [1.29, 1.82) is 0 Å². The predicted octanol–water partition coefficient (Wildman–Crippen LogP) is 2.10. The molecular weight excluding hydrogens is 237 g/mol. The molecule has 1 aromatic carbocycles. The molecule has 4 heteroatoms. The highest BCUT2D eigenvalue weighted by Gasteiger charge is 2.11. The molecule has 0 heterocycles. The third-order valence-electron chi connectivity index (χ3n) is 1.75. The van der Waals surface area contributed by atoms with Gasteiger partial charge in [0.05, 0.1) is 11.6 Å². The Balaban J connectivity index is 3.13. The second kappa shape index (κ2) is 4.58. The molecule has 0 fully saturated rings. The van der Waals surface area contributed by atoms with E-state index in [4.69, 9.17) is 10.5 Å². The van der Waals surface area contributed by atoms with Crippen LogP contribution in [0.25, 0.3) is 0 Å². The van der Waals surface area contributed by atoms with Crippen molar-refractivity contribution in [3.63, 3.8) is 0 Å². The Labute approximate surface area is 85.0 Å². The Bertz CT molecular complexity index is 304. The molecule has 1 aromatic rings. The van der Waals surface area contributed by atoms with Gasteiger partial charge in [-0.2, -0.15) is 0 Å². The molecule has 0 atom stereocenters. The fourth-order valence-corrected chi connectivity index (χ4v) is 1.46. The second-order valence-electron chi connectivity index (χ2n) is 2.59. The first-order valence-electron chi connectivity index (χ1n) is 3.91. The zero-order valence-electron chi connectivity index (χ0n) is 7.31. The van der Waals surface area contributed by atoms with Gasteiger partial charge in [0.2, 0.25) is 0 Å². The van der Waals surface area contributed by atoms with E-state index in [1.807, 2.05) is 0 Å². The Hall–Kier alpha value is -0.610. The normalized spacial score (nSPS) is 10.2. The molecule has 0 bridgehead atoms. The van der Waals surface area contributed by atoms with Crippen LogP contribution in [0, 0.1) is 5.82 Å². The number of nitrogens with two attached hydrogens (primary N) is 1. The van der Waals surface area contributed by atoms with Crippen molar-refractivity contribution in [1.82, 2.24) is 0 Å². The highest BCUT2D eigenvalue weighted by atomic mass is 79.9. The van der Waals surface area contributed by atoms with E-state index in [0.717, 1.165) is 5.56 Å². The van der Waals surface area contributed by atoms with Gasteiger partial charge in [-0.15, -0.1) is 0 Å². The first-order chi connectivity index (χ1) is 6.20. The quantitative estimate of drug-likeness (QED) is 0.888. The molecule has 0 aliphatic rings. The van der Waals surface area contributed by atoms with Crippen LogP contribution in [-0.2, 0) is 6.42 Å². The fourth-order valence-electron chi connectivity index (χ4n) is 1.15. The Kier molecular flexibility index (Phi) is 3.69. The van der Waals surface area contributed by atoms with E-state index >= 15 is 0 Å². The molecule has 0 amide bonds. The minimum atomic E-state index is -0.367. The Morgan fingerprint density at radius 2 is 2.23 bits per heavy atom. The van der Waals surface area contributed by atoms with E-state index < -0.39 is 0 Å². The maximum absolute atomic E-state index is 13.4. The summed E-state index contributed by atoms with van der Waals surface area (Å²) in [6.45, 7) is 0.484. The Morgan fingerprint density at radius 1 is 1.54 bits per heavy atom. The Morgan fingerprint density at radius 3 is 2.77 bits per heavy atom. The van der Waals surface area contributed by atoms with Crippen LogP contribution in [0.3, 0.4) is 0 Å². The number of hydrogen-bond acceptors (Lipinski definition) is 2. The first-order valence-corrected chi connectivity index (χ1v) is 4.71. The molecule has 0 saturated carbocycles.